The van der Waals surface area contributed by atoms with Crippen molar-refractivity contribution < 1.29 is 9.53 Å². The van der Waals surface area contributed by atoms with Gasteiger partial charge in [0.15, 0.2) is 5.17 Å². The number of nitrogens with zero attached hydrogens (tertiary/aromatic N) is 1. The molecule has 3 N–H and O–H groups in total. The topological polar surface area (TPSA) is 76.7 Å². The number of fused-ring (bicyclic) bond motifs is 1. The third-order valence-electron chi connectivity index (χ3n) is 4.71. The molecule has 5 nitrogen and oxygen atoms in total. The van der Waals surface area contributed by atoms with E-state index < -0.39 is 0 Å². The molecule has 0 aromatic rings. The van der Waals surface area contributed by atoms with Crippen LogP contribution < -0.4 is 11.1 Å². The summed E-state index contributed by atoms with van der Waals surface area (Å²) in [5.41, 5.74) is 5.70. The first-order chi connectivity index (χ1) is 9.67. The number of ether oxygens (including phenoxy) is 1. The number of hydrogen-bond acceptors (Lipinski definition) is 5. The van der Waals surface area contributed by atoms with Crippen LogP contribution in [0.1, 0.15) is 26.2 Å². The average Bonchev–Trinajstić information content (AvgIpc) is 3.13. The van der Waals surface area contributed by atoms with Crippen molar-refractivity contribution in [1.29, 1.82) is 0 Å². The number of aliphatic imine (C=N–C) groups is 1. The zero-order valence-corrected chi connectivity index (χ0v) is 12.7. The summed E-state index contributed by atoms with van der Waals surface area (Å²) in [6, 6.07) is 0. The van der Waals surface area contributed by atoms with Gasteiger partial charge in [-0.05, 0) is 18.8 Å². The van der Waals surface area contributed by atoms with Crippen molar-refractivity contribution in [2.45, 2.75) is 31.7 Å². The molecule has 0 aromatic carbocycles. The maximum atomic E-state index is 12.2. The Morgan fingerprint density at radius 3 is 3.30 bits per heavy atom. The molecule has 4 atom stereocenters. The first-order valence-corrected chi connectivity index (χ1v) is 8.49. The number of carbonyl (C=O) groups excluding carboxylic acids is 1. The Balaban J connectivity index is 1.65. The standard InChI is InChI=1S/C14H23N3O2S/c1-2-3-4-16-12(18)10-5-11(10)14-8-19-6-9(14)7-20-13(15)17-14/h9-11H,2-8H2,1H3,(H2,15,17)(H,16,18)/t9-,10+,11+,14-/m0/s1. The highest BCUT2D eigenvalue weighted by Gasteiger charge is 2.62. The van der Waals surface area contributed by atoms with Crippen molar-refractivity contribution in [3.8, 4) is 0 Å². The maximum absolute atomic E-state index is 12.2. The molecule has 1 aliphatic carbocycles. The molecule has 1 saturated heterocycles. The molecule has 0 radical (unpaired) electrons. The first-order valence-electron chi connectivity index (χ1n) is 7.51. The van der Waals surface area contributed by atoms with Gasteiger partial charge in [-0.2, -0.15) is 0 Å². The summed E-state index contributed by atoms with van der Waals surface area (Å²) >= 11 is 1.61. The Morgan fingerprint density at radius 2 is 2.50 bits per heavy atom. The molecule has 0 aromatic heterocycles. The van der Waals surface area contributed by atoms with E-state index in [1.54, 1.807) is 11.8 Å². The summed E-state index contributed by atoms with van der Waals surface area (Å²) < 4.78 is 5.66. The summed E-state index contributed by atoms with van der Waals surface area (Å²) in [5, 5.41) is 3.69. The number of carbonyl (C=O) groups is 1. The number of thioether (sulfide) groups is 1. The minimum Gasteiger partial charge on any atom is -0.379 e. The number of nitrogens with two attached hydrogens (primary N) is 1. The molecule has 6 heteroatoms. The Labute approximate surface area is 124 Å². The molecule has 112 valence electrons. The quantitative estimate of drug-likeness (QED) is 0.742. The molecule has 2 aliphatic heterocycles. The number of amidine groups is 1. The highest BCUT2D eigenvalue weighted by atomic mass is 32.2. The molecule has 1 amide bonds. The van der Waals surface area contributed by atoms with Gasteiger partial charge in [-0.1, -0.05) is 25.1 Å². The van der Waals surface area contributed by atoms with Gasteiger partial charge in [-0.3, -0.25) is 9.79 Å². The minimum atomic E-state index is -0.220. The second-order valence-corrected chi connectivity index (χ2v) is 7.10. The maximum Gasteiger partial charge on any atom is 0.223 e. The number of hydrogen-bond donors (Lipinski definition) is 2. The van der Waals surface area contributed by atoms with E-state index in [2.05, 4.69) is 12.2 Å². The predicted octanol–water partition coefficient (Wildman–Crippen LogP) is 0.986. The lowest BCUT2D eigenvalue weighted by molar-refractivity contribution is -0.122. The fourth-order valence-electron chi connectivity index (χ4n) is 3.42. The summed E-state index contributed by atoms with van der Waals surface area (Å²) in [5.74, 6) is 2.00. The molecule has 20 heavy (non-hydrogen) atoms. The van der Waals surface area contributed by atoms with E-state index in [4.69, 9.17) is 15.5 Å². The fraction of sp³-hybridized carbons (Fsp3) is 0.857. The number of amides is 1. The van der Waals surface area contributed by atoms with E-state index in [1.165, 1.54) is 0 Å². The van der Waals surface area contributed by atoms with Crippen molar-refractivity contribution in [3.63, 3.8) is 0 Å². The highest BCUT2D eigenvalue weighted by Crippen LogP contribution is 2.55. The lowest BCUT2D eigenvalue weighted by Gasteiger charge is -2.34. The molecule has 3 rings (SSSR count). The van der Waals surface area contributed by atoms with Crippen molar-refractivity contribution in [2.75, 3.05) is 25.5 Å². The van der Waals surface area contributed by atoms with E-state index in [0.29, 0.717) is 23.6 Å². The van der Waals surface area contributed by atoms with Crippen LogP contribution in [0.15, 0.2) is 4.99 Å². The zero-order chi connectivity index (χ0) is 14.2. The van der Waals surface area contributed by atoms with Crippen LogP contribution in [0.5, 0.6) is 0 Å². The third-order valence-corrected chi connectivity index (χ3v) is 5.66. The SMILES string of the molecule is CCCCNC(=O)[C@@H]1C[C@H]1[C@]12COC[C@H]1CSC(N)=N2. The van der Waals surface area contributed by atoms with Crippen molar-refractivity contribution in [1.82, 2.24) is 5.32 Å². The second kappa shape index (κ2) is 5.56. The minimum absolute atomic E-state index is 0.107. The van der Waals surface area contributed by atoms with Crippen molar-refractivity contribution >= 4 is 22.8 Å². The highest BCUT2D eigenvalue weighted by molar-refractivity contribution is 8.13. The van der Waals surface area contributed by atoms with Gasteiger partial charge < -0.3 is 15.8 Å². The smallest absolute Gasteiger partial charge is 0.223 e. The van der Waals surface area contributed by atoms with Crippen molar-refractivity contribution in [3.05, 3.63) is 0 Å². The van der Waals surface area contributed by atoms with Gasteiger partial charge in [0.25, 0.3) is 0 Å². The Bertz CT molecular complexity index is 429. The number of rotatable bonds is 5. The molecular weight excluding hydrogens is 274 g/mol. The van der Waals surface area contributed by atoms with E-state index in [0.717, 1.165) is 38.2 Å². The van der Waals surface area contributed by atoms with E-state index in [9.17, 15) is 4.79 Å². The van der Waals surface area contributed by atoms with Gasteiger partial charge in [0.2, 0.25) is 5.91 Å². The van der Waals surface area contributed by atoms with Crippen LogP contribution in [0, 0.1) is 17.8 Å². The monoisotopic (exact) mass is 297 g/mol. The van der Waals surface area contributed by atoms with Gasteiger partial charge in [-0.25, -0.2) is 0 Å². The number of unbranched alkanes of at least 4 members (excludes halogenated alkanes) is 1. The lowest BCUT2D eigenvalue weighted by atomic mass is 9.83. The van der Waals surface area contributed by atoms with Gasteiger partial charge in [0, 0.05) is 24.1 Å². The van der Waals surface area contributed by atoms with Gasteiger partial charge in [0.1, 0.15) is 0 Å². The lowest BCUT2D eigenvalue weighted by Crippen LogP contribution is -2.45. The molecule has 3 aliphatic rings. The van der Waals surface area contributed by atoms with Crippen LogP contribution in [0.3, 0.4) is 0 Å². The van der Waals surface area contributed by atoms with Crippen LogP contribution >= 0.6 is 11.8 Å². The normalized spacial score (nSPS) is 39.0. The molecule has 2 fully saturated rings. The summed E-state index contributed by atoms with van der Waals surface area (Å²) in [7, 11) is 0. The summed E-state index contributed by atoms with van der Waals surface area (Å²) in [4.78, 5) is 16.9. The van der Waals surface area contributed by atoms with Crippen LogP contribution in [-0.2, 0) is 9.53 Å². The van der Waals surface area contributed by atoms with Gasteiger partial charge in [-0.15, -0.1) is 0 Å². The van der Waals surface area contributed by atoms with Crippen LogP contribution in [0.4, 0.5) is 0 Å². The molecule has 2 heterocycles. The number of nitrogens with one attached hydrogen (secondary N) is 1. The largest absolute Gasteiger partial charge is 0.379 e. The second-order valence-electron chi connectivity index (χ2n) is 6.06. The summed E-state index contributed by atoms with van der Waals surface area (Å²) in [6.45, 7) is 4.29. The van der Waals surface area contributed by atoms with Crippen LogP contribution in [-0.4, -0.2) is 42.1 Å². The average molecular weight is 297 g/mol. The Morgan fingerprint density at radius 1 is 1.65 bits per heavy atom. The third kappa shape index (κ3) is 2.44. The zero-order valence-electron chi connectivity index (χ0n) is 11.9. The van der Waals surface area contributed by atoms with Gasteiger partial charge >= 0.3 is 0 Å². The molecule has 1 saturated carbocycles. The summed E-state index contributed by atoms with van der Waals surface area (Å²) in [6.07, 6.45) is 3.08. The Kier molecular flexibility index (Phi) is 3.95. The predicted molar refractivity (Wildman–Crippen MR) is 80.6 cm³/mol. The molecular formula is C14H23N3O2S. The van der Waals surface area contributed by atoms with E-state index in [1.807, 2.05) is 0 Å². The van der Waals surface area contributed by atoms with E-state index >= 15 is 0 Å². The Hall–Kier alpha value is -0.750. The van der Waals surface area contributed by atoms with Crippen molar-refractivity contribution in [2.24, 2.45) is 28.5 Å². The van der Waals surface area contributed by atoms with Crippen LogP contribution in [0.25, 0.3) is 0 Å². The molecule has 0 unspecified atom stereocenters. The first kappa shape index (κ1) is 14.2. The fourth-order valence-corrected chi connectivity index (χ4v) is 4.41. The van der Waals surface area contributed by atoms with Gasteiger partial charge in [0.05, 0.1) is 18.8 Å². The van der Waals surface area contributed by atoms with Crippen LogP contribution in [0.2, 0.25) is 0 Å². The molecule has 0 bridgehead atoms. The van der Waals surface area contributed by atoms with E-state index in [-0.39, 0.29) is 17.4 Å². The molecule has 0 spiro atoms.